The smallest absolute Gasteiger partial charge is 0.230 e. The van der Waals surface area contributed by atoms with E-state index in [9.17, 15) is 4.79 Å². The van der Waals surface area contributed by atoms with Crippen molar-refractivity contribution >= 4 is 40.0 Å². The molecule has 1 amide bonds. The Bertz CT molecular complexity index is 666. The van der Waals surface area contributed by atoms with Crippen molar-refractivity contribution in [3.63, 3.8) is 0 Å². The van der Waals surface area contributed by atoms with Crippen LogP contribution in [0.25, 0.3) is 10.8 Å². The summed E-state index contributed by atoms with van der Waals surface area (Å²) in [6.07, 6.45) is 2.02. The van der Waals surface area contributed by atoms with Crippen LogP contribution in [0.3, 0.4) is 0 Å². The molecule has 1 fully saturated rings. The first-order valence-electron chi connectivity index (χ1n) is 7.54. The summed E-state index contributed by atoms with van der Waals surface area (Å²) in [4.78, 5) is 13.2. The van der Waals surface area contributed by atoms with Gasteiger partial charge < -0.3 is 10.6 Å². The Morgan fingerprint density at radius 2 is 1.95 bits per heavy atom. The highest BCUT2D eigenvalue weighted by atomic mass is 35.5. The number of nitrogens with one attached hydrogen (secondary N) is 2. The van der Waals surface area contributed by atoms with Crippen LogP contribution in [0, 0.1) is 0 Å². The zero-order valence-electron chi connectivity index (χ0n) is 12.3. The number of amides is 1. The largest absolute Gasteiger partial charge is 0.353 e. The Hall–Kier alpha value is -1.23. The minimum Gasteiger partial charge on any atom is -0.353 e. The molecule has 1 saturated heterocycles. The standard InChI is InChI=1S/C17H19ClN2OS/c18-14-5-1-3-12-4-2-6-15(17(12)14)22-11-16(21)20-13-7-9-19-10-8-13/h1-6,13,19H,7-11H2,(H,20,21). The molecule has 116 valence electrons. The van der Waals surface area contributed by atoms with Crippen LogP contribution in [0.15, 0.2) is 41.3 Å². The van der Waals surface area contributed by atoms with Crippen LogP contribution in [0.2, 0.25) is 5.02 Å². The third kappa shape index (κ3) is 3.75. The molecule has 0 radical (unpaired) electrons. The summed E-state index contributed by atoms with van der Waals surface area (Å²) in [6.45, 7) is 1.97. The van der Waals surface area contributed by atoms with Gasteiger partial charge in [-0.15, -0.1) is 11.8 Å². The van der Waals surface area contributed by atoms with Gasteiger partial charge in [0.2, 0.25) is 5.91 Å². The monoisotopic (exact) mass is 334 g/mol. The van der Waals surface area contributed by atoms with Crippen molar-refractivity contribution < 1.29 is 4.79 Å². The summed E-state index contributed by atoms with van der Waals surface area (Å²) >= 11 is 7.86. The predicted octanol–water partition coefficient (Wildman–Crippen LogP) is 3.45. The number of hydrogen-bond donors (Lipinski definition) is 2. The lowest BCUT2D eigenvalue weighted by Crippen LogP contribution is -2.43. The third-order valence-corrected chi connectivity index (χ3v) is 5.25. The number of hydrogen-bond acceptors (Lipinski definition) is 3. The summed E-state index contributed by atoms with van der Waals surface area (Å²) in [5.41, 5.74) is 0. The Morgan fingerprint density at radius 1 is 1.23 bits per heavy atom. The van der Waals surface area contributed by atoms with Crippen molar-refractivity contribution in [1.29, 1.82) is 0 Å². The SMILES string of the molecule is O=C(CSc1cccc2cccc(Cl)c12)NC1CCNCC1. The first kappa shape index (κ1) is 15.7. The maximum Gasteiger partial charge on any atom is 0.230 e. The highest BCUT2D eigenvalue weighted by Crippen LogP contribution is 2.33. The quantitative estimate of drug-likeness (QED) is 0.841. The number of piperidine rings is 1. The van der Waals surface area contributed by atoms with Crippen molar-refractivity contribution in [3.8, 4) is 0 Å². The van der Waals surface area contributed by atoms with Crippen LogP contribution in [0.4, 0.5) is 0 Å². The number of benzene rings is 2. The molecule has 22 heavy (non-hydrogen) atoms. The Labute approximate surface area is 139 Å². The number of thioether (sulfide) groups is 1. The predicted molar refractivity (Wildman–Crippen MR) is 93.7 cm³/mol. The first-order valence-corrected chi connectivity index (χ1v) is 8.90. The molecule has 1 heterocycles. The van der Waals surface area contributed by atoms with Crippen LogP contribution >= 0.6 is 23.4 Å². The van der Waals surface area contributed by atoms with Crippen LogP contribution in [-0.4, -0.2) is 30.8 Å². The number of rotatable bonds is 4. The molecule has 0 aromatic heterocycles. The second kappa shape index (κ2) is 7.36. The van der Waals surface area contributed by atoms with Gasteiger partial charge in [-0.3, -0.25) is 4.79 Å². The van der Waals surface area contributed by atoms with Crippen molar-refractivity contribution in [3.05, 3.63) is 41.4 Å². The van der Waals surface area contributed by atoms with Gasteiger partial charge in [-0.25, -0.2) is 0 Å². The second-order valence-electron chi connectivity index (χ2n) is 5.47. The molecule has 0 spiro atoms. The zero-order valence-corrected chi connectivity index (χ0v) is 13.8. The lowest BCUT2D eigenvalue weighted by molar-refractivity contribution is -0.119. The highest BCUT2D eigenvalue weighted by molar-refractivity contribution is 8.00. The van der Waals surface area contributed by atoms with E-state index in [1.54, 1.807) is 11.8 Å². The van der Waals surface area contributed by atoms with E-state index in [0.29, 0.717) is 11.8 Å². The molecule has 0 saturated carbocycles. The molecule has 0 unspecified atom stereocenters. The molecule has 2 N–H and O–H groups in total. The van der Waals surface area contributed by atoms with Gasteiger partial charge in [0.1, 0.15) is 0 Å². The second-order valence-corrected chi connectivity index (χ2v) is 6.90. The van der Waals surface area contributed by atoms with E-state index in [-0.39, 0.29) is 5.91 Å². The molecule has 0 atom stereocenters. The molecule has 1 aliphatic rings. The van der Waals surface area contributed by atoms with Crippen LogP contribution < -0.4 is 10.6 Å². The van der Waals surface area contributed by atoms with Gasteiger partial charge in [0.05, 0.1) is 5.75 Å². The summed E-state index contributed by atoms with van der Waals surface area (Å²) < 4.78 is 0. The molecule has 0 bridgehead atoms. The minimum atomic E-state index is 0.0981. The highest BCUT2D eigenvalue weighted by Gasteiger charge is 2.15. The number of carbonyl (C=O) groups excluding carboxylic acids is 1. The minimum absolute atomic E-state index is 0.0981. The molecule has 3 rings (SSSR count). The number of carbonyl (C=O) groups is 1. The Kier molecular flexibility index (Phi) is 5.24. The van der Waals surface area contributed by atoms with Gasteiger partial charge in [0, 0.05) is 21.3 Å². The Morgan fingerprint density at radius 3 is 2.73 bits per heavy atom. The molecular weight excluding hydrogens is 316 g/mol. The normalized spacial score (nSPS) is 15.9. The number of halogens is 1. The average molecular weight is 335 g/mol. The lowest BCUT2D eigenvalue weighted by Gasteiger charge is -2.23. The zero-order chi connectivity index (χ0) is 15.4. The topological polar surface area (TPSA) is 41.1 Å². The van der Waals surface area contributed by atoms with Gasteiger partial charge in [0.25, 0.3) is 0 Å². The van der Waals surface area contributed by atoms with E-state index in [1.807, 2.05) is 36.4 Å². The molecule has 0 aliphatic carbocycles. The van der Waals surface area contributed by atoms with E-state index in [1.165, 1.54) is 0 Å². The van der Waals surface area contributed by atoms with E-state index < -0.39 is 0 Å². The molecule has 3 nitrogen and oxygen atoms in total. The molecule has 5 heteroatoms. The van der Waals surface area contributed by atoms with E-state index in [4.69, 9.17) is 11.6 Å². The fourth-order valence-corrected chi connectivity index (χ4v) is 4.02. The first-order chi connectivity index (χ1) is 10.7. The lowest BCUT2D eigenvalue weighted by atomic mass is 10.1. The van der Waals surface area contributed by atoms with Gasteiger partial charge in [0.15, 0.2) is 0 Å². The van der Waals surface area contributed by atoms with Crippen LogP contribution in [0.5, 0.6) is 0 Å². The summed E-state index contributed by atoms with van der Waals surface area (Å²) in [6, 6.07) is 12.3. The fraction of sp³-hybridized carbons (Fsp3) is 0.353. The van der Waals surface area contributed by atoms with E-state index >= 15 is 0 Å². The summed E-state index contributed by atoms with van der Waals surface area (Å²) in [5.74, 6) is 0.523. The van der Waals surface area contributed by atoms with Gasteiger partial charge in [-0.05, 0) is 43.5 Å². The molecule has 2 aromatic rings. The molecule has 1 aliphatic heterocycles. The van der Waals surface area contributed by atoms with E-state index in [0.717, 1.165) is 46.6 Å². The van der Waals surface area contributed by atoms with Crippen molar-refractivity contribution in [1.82, 2.24) is 10.6 Å². The molecular formula is C17H19ClN2OS. The van der Waals surface area contributed by atoms with Gasteiger partial charge >= 0.3 is 0 Å². The maximum atomic E-state index is 12.1. The molecule has 2 aromatic carbocycles. The van der Waals surface area contributed by atoms with Crippen LogP contribution in [0.1, 0.15) is 12.8 Å². The maximum absolute atomic E-state index is 12.1. The summed E-state index contributed by atoms with van der Waals surface area (Å²) in [5, 5.41) is 9.30. The Balaban J connectivity index is 1.65. The number of fused-ring (bicyclic) bond motifs is 1. The van der Waals surface area contributed by atoms with Crippen LogP contribution in [-0.2, 0) is 4.79 Å². The van der Waals surface area contributed by atoms with Gasteiger partial charge in [-0.2, -0.15) is 0 Å². The van der Waals surface area contributed by atoms with Crippen molar-refractivity contribution in [2.45, 2.75) is 23.8 Å². The van der Waals surface area contributed by atoms with Gasteiger partial charge in [-0.1, -0.05) is 35.9 Å². The summed E-state index contributed by atoms with van der Waals surface area (Å²) in [7, 11) is 0. The average Bonchev–Trinajstić information content (AvgIpc) is 2.54. The van der Waals surface area contributed by atoms with Crippen molar-refractivity contribution in [2.75, 3.05) is 18.8 Å². The third-order valence-electron chi connectivity index (χ3n) is 3.88. The fourth-order valence-electron chi connectivity index (χ4n) is 2.76. The van der Waals surface area contributed by atoms with Crippen molar-refractivity contribution in [2.24, 2.45) is 0 Å². The van der Waals surface area contributed by atoms with E-state index in [2.05, 4.69) is 10.6 Å².